The molecule has 128 valence electrons. The standard InChI is InChI=1S/C18H24N4O2/c1-15-13-17(20-24-15)18(23)19-7-8-21-9-11-22(12-10-21)14-16-5-3-2-4-6-16/h2-6,13H,7-12,14H2,1H3,(H,19,23). The van der Waals surface area contributed by atoms with Gasteiger partial charge >= 0.3 is 0 Å². The number of amides is 1. The Kier molecular flexibility index (Phi) is 5.61. The first-order valence-corrected chi connectivity index (χ1v) is 8.41. The molecule has 6 nitrogen and oxygen atoms in total. The van der Waals surface area contributed by atoms with E-state index in [4.69, 9.17) is 4.52 Å². The Balaban J connectivity index is 1.34. The number of carbonyl (C=O) groups is 1. The SMILES string of the molecule is Cc1cc(C(=O)NCCN2CCN(Cc3ccccc3)CC2)no1. The molecule has 0 saturated carbocycles. The Bertz CT molecular complexity index is 648. The molecule has 1 saturated heterocycles. The van der Waals surface area contributed by atoms with Gasteiger partial charge in [-0.3, -0.25) is 14.6 Å². The van der Waals surface area contributed by atoms with Crippen LogP contribution in [0.5, 0.6) is 0 Å². The van der Waals surface area contributed by atoms with Crippen LogP contribution in [0.3, 0.4) is 0 Å². The molecule has 24 heavy (non-hydrogen) atoms. The molecular weight excluding hydrogens is 304 g/mol. The highest BCUT2D eigenvalue weighted by atomic mass is 16.5. The summed E-state index contributed by atoms with van der Waals surface area (Å²) in [5.41, 5.74) is 1.71. The number of carbonyl (C=O) groups excluding carboxylic acids is 1. The fraction of sp³-hybridized carbons (Fsp3) is 0.444. The van der Waals surface area contributed by atoms with Gasteiger partial charge in [0, 0.05) is 51.9 Å². The lowest BCUT2D eigenvalue weighted by molar-refractivity contribution is 0.0925. The van der Waals surface area contributed by atoms with Crippen LogP contribution in [0.4, 0.5) is 0 Å². The van der Waals surface area contributed by atoms with Crippen LogP contribution in [0.1, 0.15) is 21.8 Å². The lowest BCUT2D eigenvalue weighted by Crippen LogP contribution is -2.48. The maximum absolute atomic E-state index is 11.9. The maximum Gasteiger partial charge on any atom is 0.273 e. The predicted molar refractivity (Wildman–Crippen MR) is 91.7 cm³/mol. The molecule has 0 unspecified atom stereocenters. The van der Waals surface area contributed by atoms with Gasteiger partial charge in [0.2, 0.25) is 0 Å². The van der Waals surface area contributed by atoms with Gasteiger partial charge in [0.1, 0.15) is 5.76 Å². The lowest BCUT2D eigenvalue weighted by Gasteiger charge is -2.34. The van der Waals surface area contributed by atoms with E-state index >= 15 is 0 Å². The van der Waals surface area contributed by atoms with E-state index in [2.05, 4.69) is 50.6 Å². The fourth-order valence-corrected chi connectivity index (χ4v) is 2.90. The molecule has 1 aromatic heterocycles. The third-order valence-corrected chi connectivity index (χ3v) is 4.29. The second-order valence-corrected chi connectivity index (χ2v) is 6.18. The molecular formula is C18H24N4O2. The number of rotatable bonds is 6. The van der Waals surface area contributed by atoms with Gasteiger partial charge in [-0.05, 0) is 12.5 Å². The van der Waals surface area contributed by atoms with Gasteiger partial charge in [-0.2, -0.15) is 0 Å². The first-order chi connectivity index (χ1) is 11.7. The zero-order valence-electron chi connectivity index (χ0n) is 14.1. The van der Waals surface area contributed by atoms with E-state index in [0.717, 1.165) is 39.3 Å². The summed E-state index contributed by atoms with van der Waals surface area (Å²) in [6.45, 7) is 8.47. The number of hydrogen-bond donors (Lipinski definition) is 1. The third kappa shape index (κ3) is 4.66. The van der Waals surface area contributed by atoms with Gasteiger partial charge in [-0.15, -0.1) is 0 Å². The van der Waals surface area contributed by atoms with Gasteiger partial charge in [0.05, 0.1) is 0 Å². The second kappa shape index (κ2) is 8.08. The number of piperazine rings is 1. The van der Waals surface area contributed by atoms with Crippen LogP contribution in [-0.2, 0) is 6.54 Å². The van der Waals surface area contributed by atoms with Crippen LogP contribution < -0.4 is 5.32 Å². The molecule has 1 aliphatic rings. The molecule has 0 spiro atoms. The summed E-state index contributed by atoms with van der Waals surface area (Å²) in [5.74, 6) is 0.476. The Morgan fingerprint density at radius 3 is 2.54 bits per heavy atom. The average Bonchev–Trinajstić information content (AvgIpc) is 3.04. The summed E-state index contributed by atoms with van der Waals surface area (Å²) in [5, 5.41) is 6.62. The zero-order valence-corrected chi connectivity index (χ0v) is 14.1. The summed E-state index contributed by atoms with van der Waals surface area (Å²) >= 11 is 0. The van der Waals surface area contributed by atoms with Crippen LogP contribution in [0.25, 0.3) is 0 Å². The quantitative estimate of drug-likeness (QED) is 0.871. The van der Waals surface area contributed by atoms with E-state index in [1.807, 2.05) is 0 Å². The monoisotopic (exact) mass is 328 g/mol. The van der Waals surface area contributed by atoms with Crippen LogP contribution in [-0.4, -0.2) is 60.1 Å². The highest BCUT2D eigenvalue weighted by molar-refractivity contribution is 5.92. The van der Waals surface area contributed by atoms with Crippen LogP contribution in [0, 0.1) is 6.92 Å². The molecule has 6 heteroatoms. The van der Waals surface area contributed by atoms with Crippen molar-refractivity contribution in [2.24, 2.45) is 0 Å². The molecule has 0 atom stereocenters. The number of aryl methyl sites for hydroxylation is 1. The molecule has 1 amide bonds. The minimum Gasteiger partial charge on any atom is -0.361 e. The van der Waals surface area contributed by atoms with Crippen molar-refractivity contribution in [1.29, 1.82) is 0 Å². The summed E-state index contributed by atoms with van der Waals surface area (Å²) in [7, 11) is 0. The van der Waals surface area contributed by atoms with Gasteiger partial charge in [0.25, 0.3) is 5.91 Å². The topological polar surface area (TPSA) is 61.6 Å². The normalized spacial score (nSPS) is 16.2. The van der Waals surface area contributed by atoms with Gasteiger partial charge in [-0.1, -0.05) is 35.5 Å². The average molecular weight is 328 g/mol. The number of benzene rings is 1. The summed E-state index contributed by atoms with van der Waals surface area (Å²) in [4.78, 5) is 16.8. The molecule has 0 aliphatic carbocycles. The number of aromatic nitrogens is 1. The minimum absolute atomic E-state index is 0.172. The van der Waals surface area contributed by atoms with E-state index in [0.29, 0.717) is 18.0 Å². The van der Waals surface area contributed by atoms with Crippen molar-refractivity contribution in [1.82, 2.24) is 20.3 Å². The summed E-state index contributed by atoms with van der Waals surface area (Å²) in [6, 6.07) is 12.2. The number of nitrogens with zero attached hydrogens (tertiary/aromatic N) is 3. The van der Waals surface area contributed by atoms with E-state index in [1.165, 1.54) is 5.56 Å². The first kappa shape index (κ1) is 16.7. The zero-order chi connectivity index (χ0) is 16.8. The van der Waals surface area contributed by atoms with Crippen LogP contribution >= 0.6 is 0 Å². The first-order valence-electron chi connectivity index (χ1n) is 8.41. The molecule has 1 aliphatic heterocycles. The second-order valence-electron chi connectivity index (χ2n) is 6.18. The molecule has 2 aromatic rings. The van der Waals surface area contributed by atoms with Crippen molar-refractivity contribution in [3.63, 3.8) is 0 Å². The van der Waals surface area contributed by atoms with Crippen molar-refractivity contribution in [2.45, 2.75) is 13.5 Å². The van der Waals surface area contributed by atoms with Crippen LogP contribution in [0.2, 0.25) is 0 Å². The summed E-state index contributed by atoms with van der Waals surface area (Å²) < 4.78 is 4.92. The van der Waals surface area contributed by atoms with Crippen LogP contribution in [0.15, 0.2) is 40.9 Å². The van der Waals surface area contributed by atoms with Gasteiger partial charge in [-0.25, -0.2) is 0 Å². The molecule has 2 heterocycles. The fourth-order valence-electron chi connectivity index (χ4n) is 2.90. The third-order valence-electron chi connectivity index (χ3n) is 4.29. The molecule has 1 N–H and O–H groups in total. The lowest BCUT2D eigenvalue weighted by atomic mass is 10.2. The van der Waals surface area contributed by atoms with Gasteiger partial charge in [0.15, 0.2) is 5.69 Å². The largest absolute Gasteiger partial charge is 0.361 e. The Labute approximate surface area is 142 Å². The van der Waals surface area contributed by atoms with Gasteiger partial charge < -0.3 is 9.84 Å². The Morgan fingerprint density at radius 2 is 1.88 bits per heavy atom. The smallest absolute Gasteiger partial charge is 0.273 e. The van der Waals surface area contributed by atoms with Crippen molar-refractivity contribution in [2.75, 3.05) is 39.3 Å². The molecule has 3 rings (SSSR count). The van der Waals surface area contributed by atoms with E-state index in [-0.39, 0.29) is 5.91 Å². The predicted octanol–water partition coefficient (Wildman–Crippen LogP) is 1.53. The van der Waals surface area contributed by atoms with E-state index in [1.54, 1.807) is 13.0 Å². The molecule has 0 radical (unpaired) electrons. The molecule has 0 bridgehead atoms. The number of nitrogens with one attached hydrogen (secondary N) is 1. The van der Waals surface area contributed by atoms with Crippen molar-refractivity contribution < 1.29 is 9.32 Å². The molecule has 1 fully saturated rings. The van der Waals surface area contributed by atoms with E-state index in [9.17, 15) is 4.79 Å². The number of hydrogen-bond acceptors (Lipinski definition) is 5. The highest BCUT2D eigenvalue weighted by Crippen LogP contribution is 2.08. The Hall–Kier alpha value is -2.18. The Morgan fingerprint density at radius 1 is 1.17 bits per heavy atom. The highest BCUT2D eigenvalue weighted by Gasteiger charge is 2.17. The van der Waals surface area contributed by atoms with E-state index < -0.39 is 0 Å². The van der Waals surface area contributed by atoms with Crippen molar-refractivity contribution in [3.05, 3.63) is 53.4 Å². The molecule has 1 aromatic carbocycles. The van der Waals surface area contributed by atoms with Crippen molar-refractivity contribution in [3.8, 4) is 0 Å². The maximum atomic E-state index is 11.9. The van der Waals surface area contributed by atoms with Crippen molar-refractivity contribution >= 4 is 5.91 Å². The summed E-state index contributed by atoms with van der Waals surface area (Å²) in [6.07, 6.45) is 0. The minimum atomic E-state index is -0.172.